The van der Waals surface area contributed by atoms with E-state index in [1.54, 1.807) is 6.20 Å². The van der Waals surface area contributed by atoms with E-state index in [4.69, 9.17) is 9.15 Å². The standard InChI is InChI=1S/C29H30N4O4/c1-19-11-14-30-29(31-19)33-15-12-24(28(34)35)25(18-33)22-9-6-10-23(17-22)36-16-13-26-20(2)37-27(32-26)21-7-4-3-5-8-21/h3-11,14,17,24-25H,12-13,15-16,18H2,1-2H3,(H,34,35)/t24-,25?/m0/s1. The number of oxazole rings is 1. The molecule has 0 spiro atoms. The number of nitrogens with zero attached hydrogens (tertiary/aromatic N) is 4. The summed E-state index contributed by atoms with van der Waals surface area (Å²) >= 11 is 0. The van der Waals surface area contributed by atoms with Crippen LogP contribution >= 0.6 is 0 Å². The quantitative estimate of drug-likeness (QED) is 0.360. The molecule has 0 amide bonds. The molecule has 0 saturated carbocycles. The third kappa shape index (κ3) is 5.63. The molecule has 8 heteroatoms. The van der Waals surface area contributed by atoms with Gasteiger partial charge < -0.3 is 19.2 Å². The number of piperidine rings is 1. The zero-order valence-electron chi connectivity index (χ0n) is 21.0. The monoisotopic (exact) mass is 498 g/mol. The maximum absolute atomic E-state index is 12.1. The number of carboxylic acid groups (broad SMARTS) is 1. The molecule has 0 bridgehead atoms. The number of carbonyl (C=O) groups is 1. The Hall–Kier alpha value is -4.20. The van der Waals surface area contributed by atoms with Gasteiger partial charge in [-0.1, -0.05) is 30.3 Å². The minimum atomic E-state index is -0.781. The summed E-state index contributed by atoms with van der Waals surface area (Å²) in [7, 11) is 0. The van der Waals surface area contributed by atoms with Gasteiger partial charge >= 0.3 is 5.97 Å². The van der Waals surface area contributed by atoms with E-state index >= 15 is 0 Å². The Morgan fingerprint density at radius 3 is 2.73 bits per heavy atom. The lowest BCUT2D eigenvalue weighted by Crippen LogP contribution is -2.42. The SMILES string of the molecule is Cc1ccnc(N2CC[C@H](C(=O)O)C(c3cccc(OCCc4nc(-c5ccccc5)oc4C)c3)C2)n1. The lowest BCUT2D eigenvalue weighted by Gasteiger charge is -2.37. The van der Waals surface area contributed by atoms with Gasteiger partial charge in [0.2, 0.25) is 11.8 Å². The van der Waals surface area contributed by atoms with Gasteiger partial charge in [-0.15, -0.1) is 0 Å². The molecule has 2 atom stereocenters. The van der Waals surface area contributed by atoms with Gasteiger partial charge in [-0.05, 0) is 56.2 Å². The fourth-order valence-corrected chi connectivity index (χ4v) is 4.82. The lowest BCUT2D eigenvalue weighted by molar-refractivity contribution is -0.143. The van der Waals surface area contributed by atoms with Crippen molar-refractivity contribution in [2.45, 2.75) is 32.6 Å². The maximum atomic E-state index is 12.1. The summed E-state index contributed by atoms with van der Waals surface area (Å²) in [6, 6.07) is 19.4. The number of aryl methyl sites for hydroxylation is 2. The van der Waals surface area contributed by atoms with E-state index in [2.05, 4.69) is 19.9 Å². The third-order valence-electron chi connectivity index (χ3n) is 6.80. The molecule has 1 aliphatic rings. The molecule has 37 heavy (non-hydrogen) atoms. The molecule has 0 radical (unpaired) electrons. The Balaban J connectivity index is 1.27. The van der Waals surface area contributed by atoms with Crippen molar-refractivity contribution in [1.82, 2.24) is 15.0 Å². The van der Waals surface area contributed by atoms with Crippen LogP contribution in [0.4, 0.5) is 5.95 Å². The highest BCUT2D eigenvalue weighted by atomic mass is 16.5. The van der Waals surface area contributed by atoms with Gasteiger partial charge in [-0.2, -0.15) is 0 Å². The molecule has 2 aromatic carbocycles. The first-order chi connectivity index (χ1) is 18.0. The normalized spacial score (nSPS) is 17.5. The Bertz CT molecular complexity index is 1370. The Labute approximate surface area is 216 Å². The smallest absolute Gasteiger partial charge is 0.307 e. The summed E-state index contributed by atoms with van der Waals surface area (Å²) in [5, 5.41) is 9.92. The molecule has 4 aromatic rings. The van der Waals surface area contributed by atoms with Crippen molar-refractivity contribution < 1.29 is 19.1 Å². The van der Waals surface area contributed by atoms with Crippen molar-refractivity contribution in [2.75, 3.05) is 24.6 Å². The van der Waals surface area contributed by atoms with Gasteiger partial charge in [0, 0.05) is 42.9 Å². The molecule has 8 nitrogen and oxygen atoms in total. The third-order valence-corrected chi connectivity index (χ3v) is 6.80. The van der Waals surface area contributed by atoms with Crippen LogP contribution in [0, 0.1) is 19.8 Å². The van der Waals surface area contributed by atoms with Crippen LogP contribution in [0.3, 0.4) is 0 Å². The summed E-state index contributed by atoms with van der Waals surface area (Å²) in [6.45, 7) is 5.41. The average Bonchev–Trinajstić information content (AvgIpc) is 3.29. The minimum Gasteiger partial charge on any atom is -0.493 e. The highest BCUT2D eigenvalue weighted by Gasteiger charge is 2.36. The van der Waals surface area contributed by atoms with Crippen LogP contribution in [-0.2, 0) is 11.2 Å². The van der Waals surface area contributed by atoms with Gasteiger partial charge in [-0.25, -0.2) is 15.0 Å². The first kappa shape index (κ1) is 24.5. The van der Waals surface area contributed by atoms with E-state index in [1.807, 2.05) is 74.5 Å². The molecule has 1 saturated heterocycles. The first-order valence-corrected chi connectivity index (χ1v) is 12.5. The summed E-state index contributed by atoms with van der Waals surface area (Å²) in [5.74, 6) is 1.26. The van der Waals surface area contributed by atoms with E-state index in [-0.39, 0.29) is 5.92 Å². The van der Waals surface area contributed by atoms with Crippen molar-refractivity contribution in [3.05, 3.63) is 89.6 Å². The molecule has 1 unspecified atom stereocenters. The van der Waals surface area contributed by atoms with Crippen LogP contribution in [0.1, 0.15) is 35.1 Å². The van der Waals surface area contributed by atoms with E-state index < -0.39 is 11.9 Å². The molecule has 3 heterocycles. The summed E-state index contributed by atoms with van der Waals surface area (Å²) in [5.41, 5.74) is 3.62. The Morgan fingerprint density at radius 1 is 1.11 bits per heavy atom. The molecular weight excluding hydrogens is 468 g/mol. The van der Waals surface area contributed by atoms with Crippen LogP contribution in [-0.4, -0.2) is 45.7 Å². The molecule has 2 aromatic heterocycles. The summed E-state index contributed by atoms with van der Waals surface area (Å²) < 4.78 is 11.9. The van der Waals surface area contributed by atoms with Crippen molar-refractivity contribution in [3.63, 3.8) is 0 Å². The molecule has 5 rings (SSSR count). The number of anilines is 1. The molecule has 1 aliphatic heterocycles. The fourth-order valence-electron chi connectivity index (χ4n) is 4.82. The lowest BCUT2D eigenvalue weighted by atomic mass is 9.80. The predicted octanol–water partition coefficient (Wildman–Crippen LogP) is 5.06. The van der Waals surface area contributed by atoms with E-state index in [0.717, 1.165) is 28.3 Å². The Kier molecular flexibility index (Phi) is 7.16. The second-order valence-electron chi connectivity index (χ2n) is 9.34. The number of aromatic nitrogens is 3. The molecule has 1 N–H and O–H groups in total. The van der Waals surface area contributed by atoms with E-state index in [0.29, 0.717) is 50.1 Å². The van der Waals surface area contributed by atoms with Crippen LogP contribution < -0.4 is 9.64 Å². The van der Waals surface area contributed by atoms with Gasteiger partial charge in [0.15, 0.2) is 0 Å². The second-order valence-corrected chi connectivity index (χ2v) is 9.34. The molecular formula is C29H30N4O4. The van der Waals surface area contributed by atoms with Crippen molar-refractivity contribution in [3.8, 4) is 17.2 Å². The zero-order valence-corrected chi connectivity index (χ0v) is 21.0. The van der Waals surface area contributed by atoms with Crippen molar-refractivity contribution in [2.24, 2.45) is 5.92 Å². The molecule has 190 valence electrons. The molecule has 1 fully saturated rings. The first-order valence-electron chi connectivity index (χ1n) is 12.5. The van der Waals surface area contributed by atoms with Crippen molar-refractivity contribution >= 4 is 11.9 Å². The summed E-state index contributed by atoms with van der Waals surface area (Å²) in [6.07, 6.45) is 2.87. The zero-order chi connectivity index (χ0) is 25.8. The number of benzene rings is 2. The topological polar surface area (TPSA) is 102 Å². The highest BCUT2D eigenvalue weighted by molar-refractivity contribution is 5.72. The largest absolute Gasteiger partial charge is 0.493 e. The van der Waals surface area contributed by atoms with Gasteiger partial charge in [-0.3, -0.25) is 4.79 Å². The average molecular weight is 499 g/mol. The van der Waals surface area contributed by atoms with E-state index in [1.165, 1.54) is 0 Å². The van der Waals surface area contributed by atoms with Crippen LogP contribution in [0.25, 0.3) is 11.5 Å². The highest BCUT2D eigenvalue weighted by Crippen LogP contribution is 2.35. The number of hydrogen-bond acceptors (Lipinski definition) is 7. The van der Waals surface area contributed by atoms with Crippen LogP contribution in [0.15, 0.2) is 71.3 Å². The summed E-state index contributed by atoms with van der Waals surface area (Å²) in [4.78, 5) is 27.8. The fraction of sp³-hybridized carbons (Fsp3) is 0.310. The maximum Gasteiger partial charge on any atom is 0.307 e. The number of aliphatic carboxylic acids is 1. The minimum absolute atomic E-state index is 0.204. The van der Waals surface area contributed by atoms with Gasteiger partial charge in [0.1, 0.15) is 11.5 Å². The van der Waals surface area contributed by atoms with Gasteiger partial charge in [0.05, 0.1) is 18.2 Å². The number of carboxylic acids is 1. The molecule has 0 aliphatic carbocycles. The number of hydrogen-bond donors (Lipinski definition) is 1. The van der Waals surface area contributed by atoms with Crippen LogP contribution in [0.2, 0.25) is 0 Å². The predicted molar refractivity (Wildman–Crippen MR) is 140 cm³/mol. The van der Waals surface area contributed by atoms with E-state index in [9.17, 15) is 9.90 Å². The van der Waals surface area contributed by atoms with Crippen LogP contribution in [0.5, 0.6) is 5.75 Å². The number of ether oxygens (including phenoxy) is 1. The number of rotatable bonds is 8. The second kappa shape index (κ2) is 10.8. The van der Waals surface area contributed by atoms with Crippen molar-refractivity contribution in [1.29, 1.82) is 0 Å². The Morgan fingerprint density at radius 2 is 1.95 bits per heavy atom. The van der Waals surface area contributed by atoms with Gasteiger partial charge in [0.25, 0.3) is 0 Å².